The van der Waals surface area contributed by atoms with E-state index in [2.05, 4.69) is 5.73 Å². The molecule has 0 amide bonds. The number of carbonyl (C=O) groups is 3. The van der Waals surface area contributed by atoms with E-state index in [1.54, 1.807) is 13.8 Å². The quantitative estimate of drug-likeness (QED) is 0.283. The second-order valence-electron chi connectivity index (χ2n) is 3.83. The Kier molecular flexibility index (Phi) is 16.0. The normalized spacial score (nSPS) is 12.2. The Morgan fingerprint density at radius 2 is 1.35 bits per heavy atom. The Labute approximate surface area is 116 Å². The van der Waals surface area contributed by atoms with Crippen molar-refractivity contribution in [1.29, 1.82) is 0 Å². The van der Waals surface area contributed by atoms with Crippen molar-refractivity contribution < 1.29 is 34.8 Å². The lowest BCUT2D eigenvalue weighted by molar-refractivity contribution is -0.140. The number of aliphatic hydroxyl groups is 1. The summed E-state index contributed by atoms with van der Waals surface area (Å²) in [6.45, 7) is 2.77. The highest BCUT2D eigenvalue weighted by Gasteiger charge is 2.14. The predicted octanol–water partition coefficient (Wildman–Crippen LogP) is -2.53. The van der Waals surface area contributed by atoms with Crippen molar-refractivity contribution in [2.24, 2.45) is 23.1 Å². The molecule has 0 radical (unpaired) electrons. The molecule has 0 unspecified atom stereocenters. The summed E-state index contributed by atoms with van der Waals surface area (Å²) in [6.07, 6.45) is 0. The molecule has 0 aliphatic heterocycles. The van der Waals surface area contributed by atoms with Crippen LogP contribution >= 0.6 is 0 Å². The summed E-state index contributed by atoms with van der Waals surface area (Å²) in [5, 5.41) is 31.7. The molecule has 10 heteroatoms. The van der Waals surface area contributed by atoms with E-state index >= 15 is 0 Å². The van der Waals surface area contributed by atoms with Gasteiger partial charge in [-0.05, 0) is 5.92 Å². The molecule has 2 atom stereocenters. The van der Waals surface area contributed by atoms with E-state index < -0.39 is 36.6 Å². The van der Waals surface area contributed by atoms with Crippen LogP contribution in [0.1, 0.15) is 13.8 Å². The molecule has 10 nitrogen and oxygen atoms in total. The average Bonchev–Trinajstić information content (AvgIpc) is 2.37. The van der Waals surface area contributed by atoms with Gasteiger partial charge in [0.25, 0.3) is 0 Å². The summed E-state index contributed by atoms with van der Waals surface area (Å²) < 4.78 is 0. The fraction of sp³-hybridized carbons (Fsp3) is 0.700. The highest BCUT2D eigenvalue weighted by Crippen LogP contribution is 1.96. The van der Waals surface area contributed by atoms with Crippen molar-refractivity contribution in [1.82, 2.24) is 0 Å². The van der Waals surface area contributed by atoms with Gasteiger partial charge >= 0.3 is 17.9 Å². The van der Waals surface area contributed by atoms with Crippen LogP contribution in [0, 0.1) is 5.92 Å². The first-order chi connectivity index (χ1) is 9.00. The highest BCUT2D eigenvalue weighted by atomic mass is 16.4. The van der Waals surface area contributed by atoms with E-state index in [0.29, 0.717) is 0 Å². The van der Waals surface area contributed by atoms with E-state index in [1.807, 2.05) is 0 Å². The SMILES string of the molecule is CC(C)[C@H](N)C(=O)O.NCC(=O)O.N[C@@H](CO)C(=O)O. The maximum Gasteiger partial charge on any atom is 0.322 e. The second-order valence-corrected chi connectivity index (χ2v) is 3.83. The molecule has 20 heavy (non-hydrogen) atoms. The molecule has 0 aliphatic carbocycles. The summed E-state index contributed by atoms with van der Waals surface area (Å²) in [7, 11) is 0. The van der Waals surface area contributed by atoms with Crippen molar-refractivity contribution in [3.63, 3.8) is 0 Å². The Morgan fingerprint density at radius 3 is 1.35 bits per heavy atom. The van der Waals surface area contributed by atoms with Crippen LogP contribution in [0.25, 0.3) is 0 Å². The maximum absolute atomic E-state index is 10.0. The van der Waals surface area contributed by atoms with E-state index in [0.717, 1.165) is 0 Å². The van der Waals surface area contributed by atoms with E-state index in [1.165, 1.54) is 0 Å². The van der Waals surface area contributed by atoms with Gasteiger partial charge in [-0.1, -0.05) is 13.8 Å². The summed E-state index contributed by atoms with van der Waals surface area (Å²) >= 11 is 0. The fourth-order valence-electron chi connectivity index (χ4n) is 0.363. The summed E-state index contributed by atoms with van der Waals surface area (Å²) in [5.74, 6) is -3.06. The van der Waals surface area contributed by atoms with Gasteiger partial charge in [0, 0.05) is 0 Å². The lowest BCUT2D eigenvalue weighted by Gasteiger charge is -2.07. The lowest BCUT2D eigenvalue weighted by atomic mass is 10.1. The van der Waals surface area contributed by atoms with Crippen LogP contribution < -0.4 is 17.2 Å². The van der Waals surface area contributed by atoms with E-state index in [-0.39, 0.29) is 12.5 Å². The van der Waals surface area contributed by atoms with Crippen molar-refractivity contribution in [3.05, 3.63) is 0 Å². The molecule has 0 saturated heterocycles. The smallest absolute Gasteiger partial charge is 0.322 e. The van der Waals surface area contributed by atoms with E-state index in [4.69, 9.17) is 31.9 Å². The van der Waals surface area contributed by atoms with Gasteiger partial charge in [-0.15, -0.1) is 0 Å². The van der Waals surface area contributed by atoms with Gasteiger partial charge in [0.05, 0.1) is 13.2 Å². The zero-order valence-corrected chi connectivity index (χ0v) is 11.4. The third kappa shape index (κ3) is 18.6. The molecule has 0 saturated carbocycles. The third-order valence-corrected chi connectivity index (χ3v) is 1.69. The van der Waals surface area contributed by atoms with Crippen LogP contribution in [0.5, 0.6) is 0 Å². The number of rotatable bonds is 5. The van der Waals surface area contributed by atoms with Crippen LogP contribution in [-0.4, -0.2) is 63.6 Å². The first-order valence-electron chi connectivity index (χ1n) is 5.50. The van der Waals surface area contributed by atoms with E-state index in [9.17, 15) is 14.4 Å². The fourth-order valence-corrected chi connectivity index (χ4v) is 0.363. The standard InChI is InChI=1S/C5H11NO2.C3H7NO3.C2H5NO2/c1-3(2)4(6)5(7)8;4-2(1-5)3(6)7;3-1-2(4)5/h3-4H,6H2,1-2H3,(H,7,8);2,5H,1,4H2,(H,6,7);1,3H2,(H,4,5)/t4-;2-;/m00./s1. The van der Waals surface area contributed by atoms with Crippen LogP contribution in [0.15, 0.2) is 0 Å². The number of hydrogen-bond donors (Lipinski definition) is 7. The number of nitrogens with two attached hydrogens (primary N) is 3. The number of carboxylic acid groups (broad SMARTS) is 3. The largest absolute Gasteiger partial charge is 0.480 e. The first-order valence-corrected chi connectivity index (χ1v) is 5.50. The van der Waals surface area contributed by atoms with Crippen LogP contribution in [-0.2, 0) is 14.4 Å². The zero-order valence-electron chi connectivity index (χ0n) is 11.4. The molecule has 120 valence electrons. The third-order valence-electron chi connectivity index (χ3n) is 1.69. The summed E-state index contributed by atoms with van der Waals surface area (Å²) in [6, 6.07) is -1.84. The summed E-state index contributed by atoms with van der Waals surface area (Å²) in [5.41, 5.74) is 14.5. The van der Waals surface area contributed by atoms with Crippen LogP contribution in [0.4, 0.5) is 0 Å². The monoisotopic (exact) mass is 297 g/mol. The molecule has 0 spiro atoms. The minimum absolute atomic E-state index is 0.0208. The molecule has 0 aromatic rings. The van der Waals surface area contributed by atoms with Gasteiger partial charge in [0.2, 0.25) is 0 Å². The van der Waals surface area contributed by atoms with Gasteiger partial charge in [-0.3, -0.25) is 14.4 Å². The minimum atomic E-state index is -1.18. The number of hydrogen-bond acceptors (Lipinski definition) is 7. The molecule has 0 aliphatic rings. The molecule has 10 N–H and O–H groups in total. The van der Waals surface area contributed by atoms with Crippen molar-refractivity contribution in [2.75, 3.05) is 13.2 Å². The maximum atomic E-state index is 10.0. The Bertz CT molecular complexity index is 297. The number of carboxylic acids is 3. The van der Waals surface area contributed by atoms with Crippen molar-refractivity contribution >= 4 is 17.9 Å². The minimum Gasteiger partial charge on any atom is -0.480 e. The first kappa shape index (κ1) is 23.4. The van der Waals surface area contributed by atoms with Gasteiger partial charge in [-0.25, -0.2) is 0 Å². The zero-order chi connectivity index (χ0) is 16.9. The highest BCUT2D eigenvalue weighted by molar-refractivity contribution is 5.73. The van der Waals surface area contributed by atoms with Crippen LogP contribution in [0.2, 0.25) is 0 Å². The number of aliphatic carboxylic acids is 3. The molecule has 0 aromatic carbocycles. The summed E-state index contributed by atoms with van der Waals surface area (Å²) in [4.78, 5) is 28.9. The van der Waals surface area contributed by atoms with Gasteiger partial charge in [0.15, 0.2) is 0 Å². The van der Waals surface area contributed by atoms with Gasteiger partial charge < -0.3 is 37.6 Å². The predicted molar refractivity (Wildman–Crippen MR) is 69.8 cm³/mol. The Balaban J connectivity index is -0.000000223. The van der Waals surface area contributed by atoms with Gasteiger partial charge in [0.1, 0.15) is 12.1 Å². The van der Waals surface area contributed by atoms with Gasteiger partial charge in [-0.2, -0.15) is 0 Å². The molecular weight excluding hydrogens is 274 g/mol. The Hall–Kier alpha value is -1.75. The second kappa shape index (κ2) is 13.7. The average molecular weight is 297 g/mol. The number of aliphatic hydroxyl groups excluding tert-OH is 1. The molecule has 0 fully saturated rings. The van der Waals surface area contributed by atoms with Crippen molar-refractivity contribution in [2.45, 2.75) is 25.9 Å². The lowest BCUT2D eigenvalue weighted by Crippen LogP contribution is -2.34. The van der Waals surface area contributed by atoms with Crippen LogP contribution in [0.3, 0.4) is 0 Å². The Morgan fingerprint density at radius 1 is 1.00 bits per heavy atom. The molecule has 0 aromatic heterocycles. The van der Waals surface area contributed by atoms with Crippen molar-refractivity contribution in [3.8, 4) is 0 Å². The molecular formula is C10H23N3O7. The molecule has 0 heterocycles. The molecule has 0 rings (SSSR count). The molecule has 0 bridgehead atoms. The topological polar surface area (TPSA) is 210 Å².